The van der Waals surface area contributed by atoms with Crippen LogP contribution in [-0.4, -0.2) is 30.4 Å². The zero-order valence-electron chi connectivity index (χ0n) is 6.86. The average molecular weight is 179 g/mol. The van der Waals surface area contributed by atoms with Gasteiger partial charge >= 0.3 is 7.60 Å². The van der Waals surface area contributed by atoms with E-state index in [1.54, 1.807) is 6.92 Å². The lowest BCUT2D eigenvalue weighted by Crippen LogP contribution is -1.95. The van der Waals surface area contributed by atoms with Gasteiger partial charge < -0.3 is 9.42 Å². The van der Waals surface area contributed by atoms with Crippen LogP contribution in [0.2, 0.25) is 0 Å². The Balaban J connectivity index is 3.72. The maximum Gasteiger partial charge on any atom is 0.333 e. The quantitative estimate of drug-likeness (QED) is 0.511. The number of nitrogens with zero attached hydrogens (tertiary/aromatic N) is 1. The van der Waals surface area contributed by atoms with Crippen molar-refractivity contribution < 1.29 is 14.0 Å². The van der Waals surface area contributed by atoms with E-state index in [0.717, 1.165) is 0 Å². The molecular formula is C6H14NO3P. The fraction of sp³-hybridized carbons (Fsp3) is 0.833. The number of aliphatic imine (C=N–C) groups is 1. The summed E-state index contributed by atoms with van der Waals surface area (Å²) in [6, 6.07) is 0. The molecule has 0 amide bonds. The predicted octanol–water partition coefficient (Wildman–Crippen LogP) is 1.30. The Labute approximate surface area is 66.8 Å². The van der Waals surface area contributed by atoms with Gasteiger partial charge in [-0.1, -0.05) is 0 Å². The highest BCUT2D eigenvalue weighted by molar-refractivity contribution is 7.53. The SMILES string of the molecule is CCN=CCP(=O)(O)OCC. The van der Waals surface area contributed by atoms with Crippen LogP contribution >= 0.6 is 7.60 Å². The van der Waals surface area contributed by atoms with Gasteiger partial charge in [0.1, 0.15) is 0 Å². The first-order chi connectivity index (χ1) is 5.12. The summed E-state index contributed by atoms with van der Waals surface area (Å²) in [4.78, 5) is 12.8. The smallest absolute Gasteiger partial charge is 0.324 e. The second kappa shape index (κ2) is 5.47. The molecule has 1 unspecified atom stereocenters. The Kier molecular flexibility index (Phi) is 5.38. The summed E-state index contributed by atoms with van der Waals surface area (Å²) in [7, 11) is -3.37. The van der Waals surface area contributed by atoms with E-state index in [9.17, 15) is 4.57 Å². The molecule has 0 aromatic heterocycles. The summed E-state index contributed by atoms with van der Waals surface area (Å²) in [5.41, 5.74) is 0. The van der Waals surface area contributed by atoms with Crippen LogP contribution in [0.5, 0.6) is 0 Å². The van der Waals surface area contributed by atoms with Crippen molar-refractivity contribution >= 4 is 13.8 Å². The van der Waals surface area contributed by atoms with Crippen LogP contribution in [0.25, 0.3) is 0 Å². The molecule has 0 rings (SSSR count). The van der Waals surface area contributed by atoms with Crippen molar-refractivity contribution in [3.8, 4) is 0 Å². The number of hydrogen-bond donors (Lipinski definition) is 1. The van der Waals surface area contributed by atoms with Gasteiger partial charge in [0.25, 0.3) is 0 Å². The second-order valence-corrected chi connectivity index (χ2v) is 3.82. The van der Waals surface area contributed by atoms with E-state index in [2.05, 4.69) is 9.52 Å². The first kappa shape index (κ1) is 10.8. The molecule has 4 nitrogen and oxygen atoms in total. The van der Waals surface area contributed by atoms with Gasteiger partial charge in [0.15, 0.2) is 0 Å². The van der Waals surface area contributed by atoms with Gasteiger partial charge in [0, 0.05) is 12.8 Å². The molecule has 0 aromatic rings. The first-order valence-corrected chi connectivity index (χ1v) is 5.33. The molecule has 0 saturated carbocycles. The minimum absolute atomic E-state index is 0.00861. The van der Waals surface area contributed by atoms with Gasteiger partial charge in [-0.05, 0) is 13.8 Å². The van der Waals surface area contributed by atoms with Crippen molar-refractivity contribution in [3.05, 3.63) is 0 Å². The molecule has 0 spiro atoms. The molecule has 0 radical (unpaired) electrons. The van der Waals surface area contributed by atoms with Gasteiger partial charge in [-0.25, -0.2) is 0 Å². The molecule has 5 heteroatoms. The Morgan fingerprint density at radius 3 is 2.73 bits per heavy atom. The molecule has 1 N–H and O–H groups in total. The lowest BCUT2D eigenvalue weighted by Gasteiger charge is -2.06. The van der Waals surface area contributed by atoms with E-state index in [-0.39, 0.29) is 12.8 Å². The minimum Gasteiger partial charge on any atom is -0.324 e. The van der Waals surface area contributed by atoms with Crippen LogP contribution in [0.15, 0.2) is 4.99 Å². The molecule has 66 valence electrons. The molecule has 0 aliphatic carbocycles. The first-order valence-electron chi connectivity index (χ1n) is 3.57. The highest BCUT2D eigenvalue weighted by Gasteiger charge is 2.15. The van der Waals surface area contributed by atoms with Gasteiger partial charge in [-0.15, -0.1) is 0 Å². The number of hydrogen-bond acceptors (Lipinski definition) is 3. The highest BCUT2D eigenvalue weighted by Crippen LogP contribution is 2.40. The maximum absolute atomic E-state index is 10.9. The topological polar surface area (TPSA) is 58.9 Å². The van der Waals surface area contributed by atoms with Crippen molar-refractivity contribution in [1.29, 1.82) is 0 Å². The molecular weight excluding hydrogens is 165 g/mol. The van der Waals surface area contributed by atoms with Gasteiger partial charge in [-0.3, -0.25) is 9.56 Å². The molecule has 0 aliphatic heterocycles. The van der Waals surface area contributed by atoms with Crippen molar-refractivity contribution in [2.45, 2.75) is 13.8 Å². The second-order valence-electron chi connectivity index (χ2n) is 1.92. The summed E-state index contributed by atoms with van der Waals surface area (Å²) in [6.07, 6.45) is 1.44. The van der Waals surface area contributed by atoms with Crippen LogP contribution in [-0.2, 0) is 9.09 Å². The molecule has 0 heterocycles. The fourth-order valence-corrected chi connectivity index (χ4v) is 1.38. The Morgan fingerprint density at radius 1 is 1.64 bits per heavy atom. The van der Waals surface area contributed by atoms with Gasteiger partial charge in [-0.2, -0.15) is 0 Å². The highest BCUT2D eigenvalue weighted by atomic mass is 31.2. The summed E-state index contributed by atoms with van der Waals surface area (Å²) < 4.78 is 15.5. The standard InChI is InChI=1S/C6H14NO3P/c1-3-7-5-6-11(8,9)10-4-2/h5H,3-4,6H2,1-2H3,(H,8,9). The van der Waals surface area contributed by atoms with Crippen molar-refractivity contribution in [1.82, 2.24) is 0 Å². The molecule has 0 bridgehead atoms. The van der Waals surface area contributed by atoms with Crippen LogP contribution in [0.1, 0.15) is 13.8 Å². The third kappa shape index (κ3) is 6.23. The van der Waals surface area contributed by atoms with Crippen LogP contribution in [0.3, 0.4) is 0 Å². The predicted molar refractivity (Wildman–Crippen MR) is 45.4 cm³/mol. The molecule has 0 fully saturated rings. The fourth-order valence-electron chi connectivity index (χ4n) is 0.544. The van der Waals surface area contributed by atoms with Crippen molar-refractivity contribution in [2.75, 3.05) is 19.3 Å². The summed E-state index contributed by atoms with van der Waals surface area (Å²) in [6.45, 7) is 4.43. The van der Waals surface area contributed by atoms with E-state index in [0.29, 0.717) is 6.54 Å². The van der Waals surface area contributed by atoms with E-state index in [4.69, 9.17) is 4.89 Å². The van der Waals surface area contributed by atoms with Gasteiger partial charge in [0.05, 0.1) is 12.8 Å². The minimum atomic E-state index is -3.37. The van der Waals surface area contributed by atoms with Gasteiger partial charge in [0.2, 0.25) is 0 Å². The Morgan fingerprint density at radius 2 is 2.27 bits per heavy atom. The molecule has 11 heavy (non-hydrogen) atoms. The van der Waals surface area contributed by atoms with E-state index in [1.165, 1.54) is 6.21 Å². The van der Waals surface area contributed by atoms with Crippen LogP contribution in [0, 0.1) is 0 Å². The lowest BCUT2D eigenvalue weighted by atomic mass is 10.7. The maximum atomic E-state index is 10.9. The van der Waals surface area contributed by atoms with E-state index >= 15 is 0 Å². The zero-order valence-corrected chi connectivity index (χ0v) is 7.75. The molecule has 1 atom stereocenters. The summed E-state index contributed by atoms with van der Waals surface area (Å²) in [5.74, 6) is 0. The largest absolute Gasteiger partial charge is 0.333 e. The Hall–Kier alpha value is -0.180. The lowest BCUT2D eigenvalue weighted by molar-refractivity contribution is 0.277. The van der Waals surface area contributed by atoms with Crippen LogP contribution in [0.4, 0.5) is 0 Å². The van der Waals surface area contributed by atoms with Crippen LogP contribution < -0.4 is 0 Å². The average Bonchev–Trinajstić information content (AvgIpc) is 1.87. The third-order valence-electron chi connectivity index (χ3n) is 0.955. The monoisotopic (exact) mass is 179 g/mol. The third-order valence-corrected chi connectivity index (χ3v) is 2.24. The van der Waals surface area contributed by atoms with Crippen molar-refractivity contribution in [2.24, 2.45) is 4.99 Å². The zero-order chi connectivity index (χ0) is 8.74. The van der Waals surface area contributed by atoms with E-state index < -0.39 is 7.60 Å². The molecule has 0 saturated heterocycles. The molecule has 0 aromatic carbocycles. The van der Waals surface area contributed by atoms with E-state index in [1.807, 2.05) is 6.92 Å². The summed E-state index contributed by atoms with van der Waals surface area (Å²) in [5, 5.41) is 0. The number of rotatable bonds is 5. The Bertz CT molecular complexity index is 169. The molecule has 0 aliphatic rings. The summed E-state index contributed by atoms with van der Waals surface area (Å²) >= 11 is 0. The normalized spacial score (nSPS) is 17.0. The van der Waals surface area contributed by atoms with Crippen molar-refractivity contribution in [3.63, 3.8) is 0 Å².